The minimum absolute atomic E-state index is 0.106. The van der Waals surface area contributed by atoms with Crippen molar-refractivity contribution in [3.8, 4) is 0 Å². The van der Waals surface area contributed by atoms with Crippen LogP contribution in [0, 0.1) is 40.9 Å². The number of ether oxygens (including phenoxy) is 1. The second-order valence-electron chi connectivity index (χ2n) is 12.1. The SMILES string of the molecule is COC[C@@]1(O)CC[C@H]2[C@@H](CC[C@@H]3[C@@H]2CC[C@]2(C)[C@@H](C(=O)Cn4nnc5cnccc54)CC[C@@H]32)C1. The Hall–Kier alpha value is -1.86. The Morgan fingerprint density at radius 2 is 2.00 bits per heavy atom. The summed E-state index contributed by atoms with van der Waals surface area (Å²) in [4.78, 5) is 17.7. The average Bonchev–Trinajstić information content (AvgIpc) is 3.39. The lowest BCUT2D eigenvalue weighted by Gasteiger charge is -2.57. The third-order valence-electron chi connectivity index (χ3n) is 10.5. The predicted octanol–water partition coefficient (Wildman–Crippen LogP) is 4.04. The van der Waals surface area contributed by atoms with Crippen LogP contribution in [-0.4, -0.2) is 50.2 Å². The van der Waals surface area contributed by atoms with Crippen LogP contribution >= 0.6 is 0 Å². The van der Waals surface area contributed by atoms with Gasteiger partial charge >= 0.3 is 0 Å². The average molecular weight is 467 g/mol. The van der Waals surface area contributed by atoms with E-state index in [0.29, 0.717) is 30.8 Å². The van der Waals surface area contributed by atoms with E-state index >= 15 is 0 Å². The molecule has 4 aliphatic rings. The van der Waals surface area contributed by atoms with Crippen molar-refractivity contribution in [1.82, 2.24) is 20.0 Å². The molecule has 7 heteroatoms. The van der Waals surface area contributed by atoms with Gasteiger partial charge in [-0.05, 0) is 98.9 Å². The van der Waals surface area contributed by atoms with Crippen LogP contribution in [0.4, 0.5) is 0 Å². The third kappa shape index (κ3) is 3.53. The van der Waals surface area contributed by atoms with E-state index in [4.69, 9.17) is 4.74 Å². The molecule has 0 aliphatic heterocycles. The number of Topliss-reactive ketones (excluding diaryl/α,β-unsaturated/α-hetero) is 1. The summed E-state index contributed by atoms with van der Waals surface area (Å²) in [6, 6.07) is 1.89. The van der Waals surface area contributed by atoms with Gasteiger partial charge in [0, 0.05) is 19.2 Å². The minimum atomic E-state index is -0.627. The van der Waals surface area contributed by atoms with Crippen molar-refractivity contribution in [2.45, 2.75) is 76.9 Å². The van der Waals surface area contributed by atoms with Crippen molar-refractivity contribution in [1.29, 1.82) is 0 Å². The van der Waals surface area contributed by atoms with Gasteiger partial charge in [-0.1, -0.05) is 12.1 Å². The summed E-state index contributed by atoms with van der Waals surface area (Å²) in [5.74, 6) is 3.98. The van der Waals surface area contributed by atoms with Crippen LogP contribution in [0.5, 0.6) is 0 Å². The summed E-state index contributed by atoms with van der Waals surface area (Å²) in [6.45, 7) is 3.19. The zero-order chi connectivity index (χ0) is 23.5. The van der Waals surface area contributed by atoms with E-state index in [-0.39, 0.29) is 11.3 Å². The summed E-state index contributed by atoms with van der Waals surface area (Å²) >= 11 is 0. The number of ketones is 1. The summed E-state index contributed by atoms with van der Waals surface area (Å²) in [5, 5.41) is 19.4. The molecule has 2 aromatic rings. The highest BCUT2D eigenvalue weighted by Crippen LogP contribution is 2.64. The van der Waals surface area contributed by atoms with Gasteiger partial charge in [0.05, 0.1) is 23.9 Å². The first-order valence-electron chi connectivity index (χ1n) is 13.3. The number of hydrogen-bond donors (Lipinski definition) is 1. The molecule has 2 aromatic heterocycles. The van der Waals surface area contributed by atoms with Gasteiger partial charge in [-0.15, -0.1) is 5.10 Å². The lowest BCUT2D eigenvalue weighted by atomic mass is 9.49. The maximum absolute atomic E-state index is 13.6. The zero-order valence-electron chi connectivity index (χ0n) is 20.5. The van der Waals surface area contributed by atoms with Crippen molar-refractivity contribution in [3.05, 3.63) is 18.5 Å². The smallest absolute Gasteiger partial charge is 0.157 e. The number of aliphatic hydroxyl groups is 1. The molecule has 7 nitrogen and oxygen atoms in total. The number of carbonyl (C=O) groups excluding carboxylic acids is 1. The van der Waals surface area contributed by atoms with E-state index in [2.05, 4.69) is 22.2 Å². The third-order valence-corrected chi connectivity index (χ3v) is 10.5. The van der Waals surface area contributed by atoms with Gasteiger partial charge in [0.1, 0.15) is 12.1 Å². The van der Waals surface area contributed by atoms with Crippen molar-refractivity contribution in [2.24, 2.45) is 40.9 Å². The monoisotopic (exact) mass is 466 g/mol. The first-order valence-corrected chi connectivity index (χ1v) is 13.3. The number of rotatable bonds is 5. The number of hydrogen-bond acceptors (Lipinski definition) is 6. The molecule has 4 aliphatic carbocycles. The molecule has 2 heterocycles. The highest BCUT2D eigenvalue weighted by atomic mass is 16.5. The molecule has 0 radical (unpaired) electrons. The molecule has 6 rings (SSSR count). The molecule has 0 aromatic carbocycles. The maximum atomic E-state index is 13.6. The van der Waals surface area contributed by atoms with Crippen LogP contribution in [-0.2, 0) is 16.1 Å². The summed E-state index contributed by atoms with van der Waals surface area (Å²) < 4.78 is 7.10. The zero-order valence-corrected chi connectivity index (χ0v) is 20.5. The Bertz CT molecular complexity index is 1070. The van der Waals surface area contributed by atoms with Gasteiger partial charge in [0.15, 0.2) is 5.78 Å². The lowest BCUT2D eigenvalue weighted by molar-refractivity contribution is -0.136. The molecular weight excluding hydrogens is 428 g/mol. The Balaban J connectivity index is 1.17. The summed E-state index contributed by atoms with van der Waals surface area (Å²) in [5.41, 5.74) is 1.11. The molecule has 34 heavy (non-hydrogen) atoms. The first kappa shape index (κ1) is 22.6. The molecule has 4 saturated carbocycles. The largest absolute Gasteiger partial charge is 0.387 e. The molecule has 0 unspecified atom stereocenters. The number of carbonyl (C=O) groups is 1. The number of aromatic nitrogens is 4. The Morgan fingerprint density at radius 3 is 2.85 bits per heavy atom. The maximum Gasteiger partial charge on any atom is 0.157 e. The Labute approximate surface area is 201 Å². The molecule has 1 N–H and O–H groups in total. The fourth-order valence-corrected chi connectivity index (χ4v) is 9.09. The normalized spacial score (nSPS) is 41.6. The quantitative estimate of drug-likeness (QED) is 0.715. The number of nitrogens with zero attached hydrogens (tertiary/aromatic N) is 4. The first-order chi connectivity index (χ1) is 16.4. The van der Waals surface area contributed by atoms with E-state index in [9.17, 15) is 9.90 Å². The fraction of sp³-hybridized carbons (Fsp3) is 0.778. The van der Waals surface area contributed by atoms with E-state index in [1.54, 1.807) is 24.2 Å². The van der Waals surface area contributed by atoms with Gasteiger partial charge in [-0.2, -0.15) is 0 Å². The number of pyridine rings is 1. The van der Waals surface area contributed by atoms with Gasteiger partial charge in [0.25, 0.3) is 0 Å². The van der Waals surface area contributed by atoms with Crippen LogP contribution in [0.25, 0.3) is 11.0 Å². The van der Waals surface area contributed by atoms with Gasteiger partial charge in [-0.3, -0.25) is 9.78 Å². The highest BCUT2D eigenvalue weighted by molar-refractivity contribution is 5.84. The molecule has 4 fully saturated rings. The van der Waals surface area contributed by atoms with Crippen molar-refractivity contribution < 1.29 is 14.6 Å². The molecule has 0 saturated heterocycles. The summed E-state index contributed by atoms with van der Waals surface area (Å²) in [7, 11) is 1.70. The Morgan fingerprint density at radius 1 is 1.15 bits per heavy atom. The van der Waals surface area contributed by atoms with E-state index in [1.807, 2.05) is 6.07 Å². The van der Waals surface area contributed by atoms with Crippen LogP contribution in [0.1, 0.15) is 64.7 Å². The molecule has 8 atom stereocenters. The topological polar surface area (TPSA) is 90.1 Å². The molecule has 0 spiro atoms. The molecule has 0 bridgehead atoms. The molecular formula is C27H38N4O3. The molecule has 184 valence electrons. The second-order valence-corrected chi connectivity index (χ2v) is 12.1. The fourth-order valence-electron chi connectivity index (χ4n) is 9.09. The van der Waals surface area contributed by atoms with E-state index in [0.717, 1.165) is 60.9 Å². The minimum Gasteiger partial charge on any atom is -0.387 e. The van der Waals surface area contributed by atoms with Crippen LogP contribution < -0.4 is 0 Å². The van der Waals surface area contributed by atoms with Crippen molar-refractivity contribution >= 4 is 16.8 Å². The summed E-state index contributed by atoms with van der Waals surface area (Å²) in [6.07, 6.45) is 13.4. The standard InChI is InChI=1S/C27H38N4O3/c1-26-10-7-19-18-8-11-27(33,16-34-2)13-17(18)3-4-20(19)21(26)5-6-22(26)25(32)15-31-24-9-12-28-14-23(24)29-30-31/h9,12,14,17-22,33H,3-8,10-11,13,15-16H2,1-2H3/t17-,18-,19+,20+,21-,22+,26-,27+/m0/s1. The van der Waals surface area contributed by atoms with Crippen LogP contribution in [0.2, 0.25) is 0 Å². The van der Waals surface area contributed by atoms with E-state index < -0.39 is 5.60 Å². The second kappa shape index (κ2) is 8.37. The Kier molecular flexibility index (Phi) is 5.56. The number of methoxy groups -OCH3 is 1. The van der Waals surface area contributed by atoms with Crippen LogP contribution in [0.15, 0.2) is 18.5 Å². The highest BCUT2D eigenvalue weighted by Gasteiger charge is 2.59. The van der Waals surface area contributed by atoms with Gasteiger partial charge in [0.2, 0.25) is 0 Å². The van der Waals surface area contributed by atoms with Gasteiger partial charge in [-0.25, -0.2) is 4.68 Å². The van der Waals surface area contributed by atoms with Crippen molar-refractivity contribution in [3.63, 3.8) is 0 Å². The van der Waals surface area contributed by atoms with Gasteiger partial charge < -0.3 is 9.84 Å². The van der Waals surface area contributed by atoms with Crippen LogP contribution in [0.3, 0.4) is 0 Å². The number of fused-ring (bicyclic) bond motifs is 6. The molecule has 0 amide bonds. The van der Waals surface area contributed by atoms with E-state index in [1.165, 1.54) is 25.7 Å². The van der Waals surface area contributed by atoms with Crippen molar-refractivity contribution in [2.75, 3.05) is 13.7 Å². The predicted molar refractivity (Wildman–Crippen MR) is 128 cm³/mol. The lowest BCUT2D eigenvalue weighted by Crippen LogP contribution is -2.52.